The molecule has 0 aliphatic rings. The number of aromatic nitrogens is 1. The van der Waals surface area contributed by atoms with Crippen LogP contribution in [0.4, 0.5) is 5.69 Å². The Balaban J connectivity index is 2.62. The number of rotatable bonds is 6. The Kier molecular flexibility index (Phi) is 4.80. The van der Waals surface area contributed by atoms with Crippen molar-refractivity contribution in [3.05, 3.63) is 30.5 Å². The molecule has 0 bridgehead atoms. The van der Waals surface area contributed by atoms with E-state index in [-0.39, 0.29) is 4.90 Å². The SMILES string of the molecule is CCCN(CCC)S(=O)(=O)c1ccc(N)c2cccnc12. The van der Waals surface area contributed by atoms with Crippen molar-refractivity contribution >= 4 is 26.6 Å². The summed E-state index contributed by atoms with van der Waals surface area (Å²) in [6, 6.07) is 6.73. The van der Waals surface area contributed by atoms with E-state index in [0.29, 0.717) is 29.7 Å². The van der Waals surface area contributed by atoms with Crippen LogP contribution in [0.2, 0.25) is 0 Å². The Morgan fingerprint density at radius 3 is 2.43 bits per heavy atom. The van der Waals surface area contributed by atoms with Crippen molar-refractivity contribution in [2.24, 2.45) is 0 Å². The van der Waals surface area contributed by atoms with Gasteiger partial charge >= 0.3 is 0 Å². The van der Waals surface area contributed by atoms with Gasteiger partial charge in [0, 0.05) is 30.4 Å². The first kappa shape index (κ1) is 15.7. The summed E-state index contributed by atoms with van der Waals surface area (Å²) in [6.07, 6.45) is 3.14. The Bertz CT molecular complexity index is 723. The molecule has 2 rings (SSSR count). The second-order valence-corrected chi connectivity index (χ2v) is 6.86. The summed E-state index contributed by atoms with van der Waals surface area (Å²) >= 11 is 0. The van der Waals surface area contributed by atoms with Crippen LogP contribution in [-0.2, 0) is 10.0 Å². The summed E-state index contributed by atoms with van der Waals surface area (Å²) in [5, 5.41) is 0.673. The normalized spacial score (nSPS) is 12.1. The summed E-state index contributed by atoms with van der Waals surface area (Å²) in [5.41, 5.74) is 6.89. The number of hydrogen-bond acceptors (Lipinski definition) is 4. The van der Waals surface area contributed by atoms with Gasteiger partial charge in [-0.05, 0) is 37.1 Å². The molecule has 2 N–H and O–H groups in total. The van der Waals surface area contributed by atoms with Crippen molar-refractivity contribution in [3.63, 3.8) is 0 Å². The molecule has 1 heterocycles. The van der Waals surface area contributed by atoms with Gasteiger partial charge in [-0.25, -0.2) is 8.42 Å². The molecule has 0 aliphatic carbocycles. The lowest BCUT2D eigenvalue weighted by Crippen LogP contribution is -2.32. The van der Waals surface area contributed by atoms with Crippen LogP contribution < -0.4 is 5.73 Å². The van der Waals surface area contributed by atoms with E-state index in [1.165, 1.54) is 4.31 Å². The molecule has 0 amide bonds. The highest BCUT2D eigenvalue weighted by molar-refractivity contribution is 7.89. The van der Waals surface area contributed by atoms with Gasteiger partial charge in [0.15, 0.2) is 0 Å². The predicted octanol–water partition coefficient (Wildman–Crippen LogP) is 2.63. The zero-order valence-corrected chi connectivity index (χ0v) is 13.2. The molecule has 0 atom stereocenters. The highest BCUT2D eigenvalue weighted by Crippen LogP contribution is 2.28. The number of pyridine rings is 1. The van der Waals surface area contributed by atoms with Crippen LogP contribution in [0.25, 0.3) is 10.9 Å². The van der Waals surface area contributed by atoms with E-state index >= 15 is 0 Å². The van der Waals surface area contributed by atoms with E-state index in [9.17, 15) is 8.42 Å². The fourth-order valence-electron chi connectivity index (χ4n) is 2.37. The Morgan fingerprint density at radius 2 is 1.81 bits per heavy atom. The van der Waals surface area contributed by atoms with Gasteiger partial charge in [0.05, 0.1) is 5.52 Å². The number of sulfonamides is 1. The van der Waals surface area contributed by atoms with Gasteiger partial charge in [-0.15, -0.1) is 0 Å². The maximum absolute atomic E-state index is 12.9. The van der Waals surface area contributed by atoms with Crippen molar-refractivity contribution in [2.45, 2.75) is 31.6 Å². The molecule has 0 saturated carbocycles. The fourth-order valence-corrected chi connectivity index (χ4v) is 4.14. The number of nitrogen functional groups attached to an aromatic ring is 1. The van der Waals surface area contributed by atoms with E-state index in [4.69, 9.17) is 5.73 Å². The zero-order chi connectivity index (χ0) is 15.5. The van der Waals surface area contributed by atoms with E-state index in [0.717, 1.165) is 12.8 Å². The van der Waals surface area contributed by atoms with Crippen molar-refractivity contribution < 1.29 is 8.42 Å². The van der Waals surface area contributed by atoms with Crippen molar-refractivity contribution in [2.75, 3.05) is 18.8 Å². The number of fused-ring (bicyclic) bond motifs is 1. The van der Waals surface area contributed by atoms with Gasteiger partial charge in [0.1, 0.15) is 4.90 Å². The number of benzene rings is 1. The molecule has 114 valence electrons. The fraction of sp³-hybridized carbons (Fsp3) is 0.400. The predicted molar refractivity (Wildman–Crippen MR) is 85.5 cm³/mol. The average molecular weight is 307 g/mol. The molecule has 2 aromatic rings. The lowest BCUT2D eigenvalue weighted by atomic mass is 10.2. The summed E-state index contributed by atoms with van der Waals surface area (Å²) < 4.78 is 27.3. The molecule has 0 spiro atoms. The van der Waals surface area contributed by atoms with E-state index < -0.39 is 10.0 Å². The summed E-state index contributed by atoms with van der Waals surface area (Å²) in [4.78, 5) is 4.46. The molecule has 6 heteroatoms. The second-order valence-electron chi connectivity index (χ2n) is 4.96. The molecular formula is C15H21N3O2S. The minimum Gasteiger partial charge on any atom is -0.398 e. The zero-order valence-electron chi connectivity index (χ0n) is 12.4. The van der Waals surface area contributed by atoms with Crippen LogP contribution in [0.3, 0.4) is 0 Å². The van der Waals surface area contributed by atoms with Gasteiger partial charge in [0.25, 0.3) is 0 Å². The van der Waals surface area contributed by atoms with Crippen LogP contribution >= 0.6 is 0 Å². The average Bonchev–Trinajstić information content (AvgIpc) is 2.47. The molecule has 0 saturated heterocycles. The largest absolute Gasteiger partial charge is 0.398 e. The quantitative estimate of drug-likeness (QED) is 0.832. The molecule has 21 heavy (non-hydrogen) atoms. The van der Waals surface area contributed by atoms with Gasteiger partial charge in [-0.3, -0.25) is 4.98 Å². The van der Waals surface area contributed by atoms with Crippen LogP contribution in [0.1, 0.15) is 26.7 Å². The minimum atomic E-state index is -3.55. The van der Waals surface area contributed by atoms with Crippen LogP contribution in [0.15, 0.2) is 35.4 Å². The first-order valence-electron chi connectivity index (χ1n) is 7.15. The monoisotopic (exact) mass is 307 g/mol. The Morgan fingerprint density at radius 1 is 1.14 bits per heavy atom. The molecule has 0 aliphatic heterocycles. The summed E-state index contributed by atoms with van der Waals surface area (Å²) in [6.45, 7) is 4.96. The maximum atomic E-state index is 12.9. The lowest BCUT2D eigenvalue weighted by molar-refractivity contribution is 0.410. The van der Waals surface area contributed by atoms with Gasteiger partial charge < -0.3 is 5.73 Å². The van der Waals surface area contributed by atoms with Crippen molar-refractivity contribution in [1.82, 2.24) is 9.29 Å². The summed E-state index contributed by atoms with van der Waals surface area (Å²) in [5.74, 6) is 0. The van der Waals surface area contributed by atoms with Gasteiger partial charge in [-0.2, -0.15) is 4.31 Å². The topological polar surface area (TPSA) is 76.3 Å². The summed E-state index contributed by atoms with van der Waals surface area (Å²) in [7, 11) is -3.55. The van der Waals surface area contributed by atoms with Crippen molar-refractivity contribution in [3.8, 4) is 0 Å². The van der Waals surface area contributed by atoms with Gasteiger partial charge in [-0.1, -0.05) is 13.8 Å². The van der Waals surface area contributed by atoms with E-state index in [2.05, 4.69) is 4.98 Å². The first-order valence-corrected chi connectivity index (χ1v) is 8.59. The van der Waals surface area contributed by atoms with Crippen LogP contribution in [-0.4, -0.2) is 30.8 Å². The Hall–Kier alpha value is -1.66. The van der Waals surface area contributed by atoms with E-state index in [1.54, 1.807) is 30.5 Å². The molecule has 0 radical (unpaired) electrons. The Labute approximate surface area is 125 Å². The third-order valence-corrected chi connectivity index (χ3v) is 5.26. The lowest BCUT2D eigenvalue weighted by Gasteiger charge is -2.21. The number of nitrogens with zero attached hydrogens (tertiary/aromatic N) is 2. The number of hydrogen-bond donors (Lipinski definition) is 1. The molecule has 5 nitrogen and oxygen atoms in total. The highest BCUT2D eigenvalue weighted by Gasteiger charge is 2.26. The highest BCUT2D eigenvalue weighted by atomic mass is 32.2. The maximum Gasteiger partial charge on any atom is 0.245 e. The molecular weight excluding hydrogens is 286 g/mol. The standard InChI is InChI=1S/C15H21N3O2S/c1-3-10-18(11-4-2)21(19,20)14-8-7-13(16)12-6-5-9-17-15(12)14/h5-9H,3-4,10-11,16H2,1-2H3. The van der Waals surface area contributed by atoms with Crippen LogP contribution in [0, 0.1) is 0 Å². The minimum absolute atomic E-state index is 0.231. The second kappa shape index (κ2) is 6.41. The number of nitrogens with two attached hydrogens (primary N) is 1. The van der Waals surface area contributed by atoms with E-state index in [1.807, 2.05) is 13.8 Å². The molecule has 1 aromatic carbocycles. The smallest absolute Gasteiger partial charge is 0.245 e. The third-order valence-electron chi connectivity index (χ3n) is 3.33. The van der Waals surface area contributed by atoms with Crippen molar-refractivity contribution in [1.29, 1.82) is 0 Å². The third kappa shape index (κ3) is 3.01. The molecule has 0 unspecified atom stereocenters. The molecule has 1 aromatic heterocycles. The van der Waals surface area contributed by atoms with Gasteiger partial charge in [0.2, 0.25) is 10.0 Å². The first-order chi connectivity index (χ1) is 10.0. The van der Waals surface area contributed by atoms with Crippen LogP contribution in [0.5, 0.6) is 0 Å². The molecule has 0 fully saturated rings. The number of anilines is 1.